The van der Waals surface area contributed by atoms with Gasteiger partial charge in [-0.2, -0.15) is 0 Å². The molecule has 34 heavy (non-hydrogen) atoms. The average Bonchev–Trinajstić information content (AvgIpc) is 3.25. The van der Waals surface area contributed by atoms with Gasteiger partial charge in [0, 0.05) is 46.7 Å². The zero-order chi connectivity index (χ0) is 23.9. The molecule has 174 valence electrons. The number of thiophene rings is 1. The number of aromatic nitrogens is 3. The molecule has 0 fully saturated rings. The molecule has 8 nitrogen and oxygen atoms in total. The maximum absolute atomic E-state index is 11.1. The largest absolute Gasteiger partial charge is 0.398 e. The molecule has 0 amide bonds. The first-order chi connectivity index (χ1) is 16.6. The van der Waals surface area contributed by atoms with Crippen molar-refractivity contribution >= 4 is 51.2 Å². The van der Waals surface area contributed by atoms with Crippen molar-refractivity contribution in [2.45, 2.75) is 25.8 Å². The number of rotatable bonds is 6. The average molecular weight is 474 g/mol. The van der Waals surface area contributed by atoms with Crippen LogP contribution < -0.4 is 16.4 Å². The van der Waals surface area contributed by atoms with Gasteiger partial charge in [0.25, 0.3) is 0 Å². The SMILES string of the molecule is CNCc1ccccn1.N=Cc1cc(Nc2ncnc3sc4c(c23)CCC(C=O)C4)ccc1N. The maximum Gasteiger partial charge on any atom is 0.142 e. The van der Waals surface area contributed by atoms with Gasteiger partial charge in [0.05, 0.1) is 11.1 Å². The van der Waals surface area contributed by atoms with E-state index in [-0.39, 0.29) is 5.92 Å². The summed E-state index contributed by atoms with van der Waals surface area (Å²) in [5.41, 5.74) is 10.3. The van der Waals surface area contributed by atoms with Crippen LogP contribution in [0.25, 0.3) is 10.2 Å². The summed E-state index contributed by atoms with van der Waals surface area (Å²) < 4.78 is 0. The quantitative estimate of drug-likeness (QED) is 0.188. The third kappa shape index (κ3) is 5.27. The van der Waals surface area contributed by atoms with Crippen molar-refractivity contribution in [3.63, 3.8) is 0 Å². The lowest BCUT2D eigenvalue weighted by molar-refractivity contribution is -0.111. The van der Waals surface area contributed by atoms with Crippen LogP contribution in [0, 0.1) is 11.3 Å². The van der Waals surface area contributed by atoms with Crippen LogP contribution in [0.3, 0.4) is 0 Å². The first kappa shape index (κ1) is 23.5. The molecule has 9 heteroatoms. The number of nitrogens with two attached hydrogens (primary N) is 1. The van der Waals surface area contributed by atoms with E-state index in [1.165, 1.54) is 16.7 Å². The predicted octanol–water partition coefficient (Wildman–Crippen LogP) is 4.12. The lowest BCUT2D eigenvalue weighted by atomic mass is 9.89. The van der Waals surface area contributed by atoms with E-state index >= 15 is 0 Å². The molecular weight excluding hydrogens is 446 g/mol. The molecule has 3 heterocycles. The number of carbonyl (C=O) groups is 1. The molecule has 0 spiro atoms. The number of hydrogen-bond donors (Lipinski definition) is 4. The minimum Gasteiger partial charge on any atom is -0.398 e. The van der Waals surface area contributed by atoms with E-state index in [4.69, 9.17) is 11.1 Å². The Bertz CT molecular complexity index is 1290. The Hall–Kier alpha value is -3.69. The molecule has 4 aromatic rings. The molecule has 0 bridgehead atoms. The fourth-order valence-corrected chi connectivity index (χ4v) is 5.22. The van der Waals surface area contributed by atoms with Gasteiger partial charge in [-0.3, -0.25) is 4.98 Å². The van der Waals surface area contributed by atoms with Crippen LogP contribution >= 0.6 is 11.3 Å². The van der Waals surface area contributed by atoms with E-state index in [1.807, 2.05) is 37.4 Å². The monoisotopic (exact) mass is 473 g/mol. The van der Waals surface area contributed by atoms with Gasteiger partial charge in [-0.1, -0.05) is 6.07 Å². The van der Waals surface area contributed by atoms with Gasteiger partial charge in [-0.05, 0) is 62.2 Å². The summed E-state index contributed by atoms with van der Waals surface area (Å²) >= 11 is 1.65. The molecule has 1 aliphatic rings. The van der Waals surface area contributed by atoms with Gasteiger partial charge in [-0.25, -0.2) is 9.97 Å². The number of fused-ring (bicyclic) bond motifs is 3. The van der Waals surface area contributed by atoms with Crippen molar-refractivity contribution in [3.05, 3.63) is 70.6 Å². The Kier molecular flexibility index (Phi) is 7.56. The molecular formula is C25H27N7OS. The highest BCUT2D eigenvalue weighted by molar-refractivity contribution is 7.19. The van der Waals surface area contributed by atoms with Crippen LogP contribution in [0.5, 0.6) is 0 Å². The van der Waals surface area contributed by atoms with Gasteiger partial charge in [0.15, 0.2) is 0 Å². The zero-order valence-corrected chi connectivity index (χ0v) is 19.7. The van der Waals surface area contributed by atoms with Crippen molar-refractivity contribution in [2.75, 3.05) is 18.1 Å². The Labute approximate surface area is 202 Å². The Morgan fingerprint density at radius 1 is 1.24 bits per heavy atom. The minimum atomic E-state index is 0.108. The van der Waals surface area contributed by atoms with E-state index in [9.17, 15) is 4.79 Å². The fraction of sp³-hybridized carbons (Fsp3) is 0.240. The third-order valence-corrected chi connectivity index (χ3v) is 6.83. The van der Waals surface area contributed by atoms with Gasteiger partial charge in [0.2, 0.25) is 0 Å². The van der Waals surface area contributed by atoms with Gasteiger partial charge in [-0.15, -0.1) is 11.3 Å². The second kappa shape index (κ2) is 11.0. The molecule has 0 aliphatic heterocycles. The number of anilines is 3. The minimum absolute atomic E-state index is 0.108. The van der Waals surface area contributed by atoms with Crippen LogP contribution in [-0.4, -0.2) is 34.5 Å². The third-order valence-electron chi connectivity index (χ3n) is 5.66. The van der Waals surface area contributed by atoms with E-state index < -0.39 is 0 Å². The van der Waals surface area contributed by atoms with Crippen LogP contribution in [0.1, 0.15) is 28.1 Å². The molecule has 1 aliphatic carbocycles. The molecule has 5 rings (SSSR count). The van der Waals surface area contributed by atoms with Crippen LogP contribution in [0.15, 0.2) is 48.9 Å². The van der Waals surface area contributed by atoms with E-state index in [0.717, 1.165) is 59.5 Å². The summed E-state index contributed by atoms with van der Waals surface area (Å²) in [6.07, 6.45) is 8.18. The van der Waals surface area contributed by atoms with Crippen LogP contribution in [-0.2, 0) is 24.2 Å². The van der Waals surface area contributed by atoms with Crippen molar-refractivity contribution < 1.29 is 4.79 Å². The molecule has 0 saturated carbocycles. The van der Waals surface area contributed by atoms with Gasteiger partial charge >= 0.3 is 0 Å². The predicted molar refractivity (Wildman–Crippen MR) is 138 cm³/mol. The smallest absolute Gasteiger partial charge is 0.142 e. The molecule has 1 unspecified atom stereocenters. The Morgan fingerprint density at radius 3 is 2.85 bits per heavy atom. The summed E-state index contributed by atoms with van der Waals surface area (Å²) in [5, 5.41) is 14.8. The van der Waals surface area contributed by atoms with E-state index in [2.05, 4.69) is 25.6 Å². The fourth-order valence-electron chi connectivity index (χ4n) is 3.94. The van der Waals surface area contributed by atoms with Crippen molar-refractivity contribution in [3.8, 4) is 0 Å². The highest BCUT2D eigenvalue weighted by Gasteiger charge is 2.24. The van der Waals surface area contributed by atoms with Crippen molar-refractivity contribution in [2.24, 2.45) is 5.92 Å². The number of aldehydes is 1. The van der Waals surface area contributed by atoms with E-state index in [1.54, 1.807) is 29.9 Å². The zero-order valence-electron chi connectivity index (χ0n) is 18.9. The van der Waals surface area contributed by atoms with Crippen molar-refractivity contribution in [1.82, 2.24) is 20.3 Å². The highest BCUT2D eigenvalue weighted by atomic mass is 32.1. The number of aryl methyl sites for hydroxylation is 1. The normalized spacial score (nSPS) is 14.6. The summed E-state index contributed by atoms with van der Waals surface area (Å²) in [4.78, 5) is 26.2. The number of nitrogen functional groups attached to an aromatic ring is 1. The number of hydrogen-bond acceptors (Lipinski definition) is 9. The summed E-state index contributed by atoms with van der Waals surface area (Å²) in [5.74, 6) is 0.866. The van der Waals surface area contributed by atoms with Crippen LogP contribution in [0.4, 0.5) is 17.2 Å². The molecule has 3 aromatic heterocycles. The number of nitrogens with zero attached hydrogens (tertiary/aromatic N) is 3. The number of nitrogens with one attached hydrogen (secondary N) is 3. The number of carbonyl (C=O) groups excluding carboxylic acids is 1. The molecule has 0 radical (unpaired) electrons. The molecule has 1 aromatic carbocycles. The van der Waals surface area contributed by atoms with Gasteiger partial charge in [0.1, 0.15) is 23.3 Å². The Balaban J connectivity index is 0.000000257. The van der Waals surface area contributed by atoms with E-state index in [0.29, 0.717) is 11.3 Å². The van der Waals surface area contributed by atoms with Gasteiger partial charge < -0.3 is 26.6 Å². The Morgan fingerprint density at radius 2 is 2.12 bits per heavy atom. The first-order valence-corrected chi connectivity index (χ1v) is 11.9. The lowest BCUT2D eigenvalue weighted by Crippen LogP contribution is -2.13. The second-order valence-corrected chi connectivity index (χ2v) is 9.09. The molecule has 5 N–H and O–H groups in total. The van der Waals surface area contributed by atoms with Crippen molar-refractivity contribution in [1.29, 1.82) is 5.41 Å². The standard InChI is InChI=1S/C18H17N5OS.C7H10N2/c19-7-11-6-12(2-4-14(11)20)23-17-16-13-3-1-10(8-24)5-15(13)25-18(16)22-9-21-17;1-8-6-7-4-2-3-5-9-7/h2,4,6-10,19H,1,3,5,20H2,(H,21,22,23);2-5,8H,6H2,1H3. The maximum atomic E-state index is 11.1. The molecule has 0 saturated heterocycles. The number of pyridine rings is 1. The second-order valence-electron chi connectivity index (χ2n) is 8.01. The lowest BCUT2D eigenvalue weighted by Gasteiger charge is -2.17. The summed E-state index contributed by atoms with van der Waals surface area (Å²) in [6, 6.07) is 11.4. The summed E-state index contributed by atoms with van der Waals surface area (Å²) in [6.45, 7) is 0.848. The van der Waals surface area contributed by atoms with Crippen LogP contribution in [0.2, 0.25) is 0 Å². The number of benzene rings is 1. The highest BCUT2D eigenvalue weighted by Crippen LogP contribution is 2.40. The summed E-state index contributed by atoms with van der Waals surface area (Å²) in [7, 11) is 1.91. The first-order valence-electron chi connectivity index (χ1n) is 11.0. The topological polar surface area (TPSA) is 130 Å². The molecule has 1 atom stereocenters.